The molecule has 2 aliphatic heterocycles. The van der Waals surface area contributed by atoms with Gasteiger partial charge in [-0.05, 0) is 48.5 Å². The second-order valence-corrected chi connectivity index (χ2v) is 16.1. The van der Waals surface area contributed by atoms with Crippen LogP contribution >= 0.6 is 0 Å². The molecule has 3 aromatic carbocycles. The van der Waals surface area contributed by atoms with E-state index in [-0.39, 0.29) is 16.9 Å². The molecule has 2 fully saturated rings. The molecule has 72 heavy (non-hydrogen) atoms. The van der Waals surface area contributed by atoms with Gasteiger partial charge in [-0.2, -0.15) is 0 Å². The maximum Gasteiger partial charge on any atom is 0.366 e. The molecule has 388 valence electrons. The molecule has 1 N–H and O–H groups in total. The van der Waals surface area contributed by atoms with Crippen molar-refractivity contribution >= 4 is 53.7 Å². The number of rotatable bonds is 20. The van der Waals surface area contributed by atoms with E-state index in [1.54, 1.807) is 36.4 Å². The fourth-order valence-electron chi connectivity index (χ4n) is 7.81. The Bertz CT molecular complexity index is 2400. The molecule has 5 unspecified atom stereocenters. The van der Waals surface area contributed by atoms with Crippen molar-refractivity contribution in [3.8, 4) is 11.5 Å². The van der Waals surface area contributed by atoms with Crippen LogP contribution in [0.15, 0.2) is 84.9 Å². The average Bonchev–Trinajstić information content (AvgIpc) is 3.33. The van der Waals surface area contributed by atoms with Gasteiger partial charge >= 0.3 is 47.8 Å². The summed E-state index contributed by atoms with van der Waals surface area (Å²) in [5.74, 6) is -11.5. The van der Waals surface area contributed by atoms with Gasteiger partial charge in [0, 0.05) is 41.5 Å². The average molecular weight is 1010 g/mol. The molecule has 23 heteroatoms. The van der Waals surface area contributed by atoms with Gasteiger partial charge in [0.25, 0.3) is 5.79 Å². The lowest BCUT2D eigenvalue weighted by molar-refractivity contribution is -0.363. The third kappa shape index (κ3) is 14.9. The van der Waals surface area contributed by atoms with Crippen LogP contribution in [0.5, 0.6) is 11.5 Å². The number of amides is 1. The monoisotopic (exact) mass is 1010 g/mol. The normalized spacial score (nSPS) is 24.3. The van der Waals surface area contributed by atoms with Gasteiger partial charge in [-0.15, -0.1) is 0 Å². The molecular weight excluding hydrogens is 955 g/mol. The van der Waals surface area contributed by atoms with Gasteiger partial charge < -0.3 is 66.9 Å². The summed E-state index contributed by atoms with van der Waals surface area (Å²) in [7, 11) is 2.35. The summed E-state index contributed by atoms with van der Waals surface area (Å²) >= 11 is 0. The Morgan fingerprint density at radius 1 is 0.639 bits per heavy atom. The Morgan fingerprint density at radius 2 is 1.22 bits per heavy atom. The lowest BCUT2D eigenvalue weighted by Crippen LogP contribution is -2.72. The quantitative estimate of drug-likeness (QED) is 0.126. The molecule has 3 aromatic rings. The lowest BCUT2D eigenvalue weighted by Gasteiger charge is -2.51. The Morgan fingerprint density at radius 3 is 1.75 bits per heavy atom. The number of hydrogen-bond donors (Lipinski definition) is 1. The maximum absolute atomic E-state index is 14.7. The van der Waals surface area contributed by atoms with Crippen molar-refractivity contribution < 1.29 is 105 Å². The second kappa shape index (κ2) is 25.5. The molecule has 0 bridgehead atoms. The molecule has 1 amide bonds. The molecular formula is C49H55NO22. The number of esters is 8. The van der Waals surface area contributed by atoms with Crippen LogP contribution in [0, 0.1) is 0 Å². The van der Waals surface area contributed by atoms with Gasteiger partial charge in [0.05, 0.1) is 37.8 Å². The molecule has 2 saturated heterocycles. The van der Waals surface area contributed by atoms with Gasteiger partial charge in [-0.3, -0.25) is 28.8 Å². The Labute approximate surface area is 412 Å². The van der Waals surface area contributed by atoms with Crippen molar-refractivity contribution in [2.75, 3.05) is 27.4 Å². The Kier molecular flexibility index (Phi) is 19.6. The summed E-state index contributed by atoms with van der Waals surface area (Å²) < 4.78 is 76.4. The van der Waals surface area contributed by atoms with E-state index in [1.807, 2.05) is 0 Å². The highest BCUT2D eigenvalue weighted by atomic mass is 16.8. The molecule has 0 saturated carbocycles. The van der Waals surface area contributed by atoms with Crippen molar-refractivity contribution in [2.45, 2.75) is 115 Å². The standard InChI is InChI=1S/C49H55NO22/c1-26(51)50-39-36(64-28(3)53)23-49(48(59)61-8,71-42(39)40(66-30(5)55)37(65-29(4)54)24-62-27(2)52)72-43-41(67-31(6)56)38(25-63-45(57)32-15-11-9-12-16-32)69-47(68-35-21-19-34(60-7)20-22-35)44(43)70-46(58)33-17-13-10-14-18-33/h9-22,36-44,47H,23-25H2,1-8H3,(H,50,51)/t36?,37-,38?,39-,40-,41+,42?,43?,44?,47-,49+/m1/s1. The predicted octanol–water partition coefficient (Wildman–Crippen LogP) is 2.72. The van der Waals surface area contributed by atoms with Crippen LogP contribution < -0.4 is 14.8 Å². The molecule has 0 aromatic heterocycles. The summed E-state index contributed by atoms with van der Waals surface area (Å²) in [5, 5.41) is 2.57. The van der Waals surface area contributed by atoms with Gasteiger partial charge in [-0.1, -0.05) is 36.4 Å². The van der Waals surface area contributed by atoms with E-state index in [2.05, 4.69) is 5.32 Å². The number of carbonyl (C=O) groups excluding carboxylic acids is 9. The fourth-order valence-corrected chi connectivity index (χ4v) is 7.81. The van der Waals surface area contributed by atoms with Crippen molar-refractivity contribution in [2.24, 2.45) is 0 Å². The van der Waals surface area contributed by atoms with Crippen LogP contribution in [0.2, 0.25) is 0 Å². The smallest absolute Gasteiger partial charge is 0.366 e. The zero-order valence-corrected chi connectivity index (χ0v) is 40.5. The topological polar surface area (TPSA) is 286 Å². The number of hydrogen-bond acceptors (Lipinski definition) is 22. The molecule has 0 aliphatic carbocycles. The fraction of sp³-hybridized carbons (Fsp3) is 0.449. The number of benzene rings is 3. The van der Waals surface area contributed by atoms with E-state index in [4.69, 9.17) is 61.6 Å². The van der Waals surface area contributed by atoms with E-state index in [1.165, 1.54) is 55.6 Å². The van der Waals surface area contributed by atoms with Crippen molar-refractivity contribution in [1.82, 2.24) is 5.32 Å². The van der Waals surface area contributed by atoms with E-state index in [0.29, 0.717) is 5.75 Å². The molecule has 23 nitrogen and oxygen atoms in total. The van der Waals surface area contributed by atoms with E-state index in [0.717, 1.165) is 48.7 Å². The minimum Gasteiger partial charge on any atom is -0.497 e. The first kappa shape index (κ1) is 55.3. The van der Waals surface area contributed by atoms with E-state index < -0.39 is 140 Å². The van der Waals surface area contributed by atoms with Crippen molar-refractivity contribution in [3.05, 3.63) is 96.1 Å². The van der Waals surface area contributed by atoms with Crippen LogP contribution in [-0.4, -0.2) is 148 Å². The first-order chi connectivity index (χ1) is 34.2. The summed E-state index contributed by atoms with van der Waals surface area (Å²) in [6.07, 6.45) is -17.6. The van der Waals surface area contributed by atoms with E-state index >= 15 is 0 Å². The second-order valence-electron chi connectivity index (χ2n) is 16.1. The predicted molar refractivity (Wildman–Crippen MR) is 240 cm³/mol. The van der Waals surface area contributed by atoms with Crippen LogP contribution in [0.1, 0.15) is 68.7 Å². The zero-order valence-electron chi connectivity index (χ0n) is 40.5. The van der Waals surface area contributed by atoms with Crippen molar-refractivity contribution in [3.63, 3.8) is 0 Å². The van der Waals surface area contributed by atoms with E-state index in [9.17, 15) is 43.2 Å². The van der Waals surface area contributed by atoms with Crippen molar-refractivity contribution in [1.29, 1.82) is 0 Å². The SMILES string of the molecule is COC(=O)[C@@]1(OC2C(OC(=O)c3ccccc3)[C@H](Oc3ccc(OC)cc3)OC(COC(=O)c3ccccc3)[C@@H]2OC(C)=O)CC(OC(C)=O)[C@@H](NC(C)=O)C([C@H](OC(C)=O)[C@@H](COC(C)=O)OC(C)=O)O1. The first-order valence-corrected chi connectivity index (χ1v) is 22.2. The molecule has 0 radical (unpaired) electrons. The highest BCUT2D eigenvalue weighted by molar-refractivity contribution is 5.90. The molecule has 2 heterocycles. The highest BCUT2D eigenvalue weighted by Gasteiger charge is 2.63. The number of ether oxygens (including phenoxy) is 13. The van der Waals surface area contributed by atoms with Crippen LogP contribution in [0.25, 0.3) is 0 Å². The lowest BCUT2D eigenvalue weighted by atomic mass is 9.87. The Balaban J connectivity index is 1.78. The third-order valence-corrected chi connectivity index (χ3v) is 10.7. The van der Waals surface area contributed by atoms with Gasteiger partial charge in [0.2, 0.25) is 12.2 Å². The number of methoxy groups -OCH3 is 2. The van der Waals surface area contributed by atoms with Gasteiger partial charge in [0.15, 0.2) is 24.4 Å². The van der Waals surface area contributed by atoms with Gasteiger partial charge in [0.1, 0.15) is 49.1 Å². The largest absolute Gasteiger partial charge is 0.497 e. The summed E-state index contributed by atoms with van der Waals surface area (Å²) in [4.78, 5) is 119. The van der Waals surface area contributed by atoms with Crippen LogP contribution in [-0.2, 0) is 85.7 Å². The molecule has 2 aliphatic rings. The first-order valence-electron chi connectivity index (χ1n) is 22.2. The summed E-state index contributed by atoms with van der Waals surface area (Å²) in [6.45, 7) is 4.53. The highest BCUT2D eigenvalue weighted by Crippen LogP contribution is 2.42. The molecule has 5 rings (SSSR count). The summed E-state index contributed by atoms with van der Waals surface area (Å²) in [6, 6.07) is 19.7. The van der Waals surface area contributed by atoms with Gasteiger partial charge in [-0.25, -0.2) is 14.4 Å². The van der Waals surface area contributed by atoms with Crippen LogP contribution in [0.4, 0.5) is 0 Å². The zero-order chi connectivity index (χ0) is 52.7. The molecule has 0 spiro atoms. The minimum atomic E-state index is -3.00. The summed E-state index contributed by atoms with van der Waals surface area (Å²) in [5.41, 5.74) is 0.103. The number of carbonyl (C=O) groups is 9. The Hall–Kier alpha value is -7.63. The maximum atomic E-state index is 14.7. The third-order valence-electron chi connectivity index (χ3n) is 10.7. The minimum absolute atomic E-state index is 0.0133. The molecule has 11 atom stereocenters. The van der Waals surface area contributed by atoms with Crippen LogP contribution in [0.3, 0.4) is 0 Å². The number of nitrogens with one attached hydrogen (secondary N) is 1.